The number of carboxylic acid groups (broad SMARTS) is 1. The Morgan fingerprint density at radius 1 is 1.33 bits per heavy atom. The van der Waals surface area contributed by atoms with Gasteiger partial charge in [-0.1, -0.05) is 13.8 Å². The van der Waals surface area contributed by atoms with Crippen molar-refractivity contribution in [2.75, 3.05) is 0 Å². The molecule has 1 unspecified atom stereocenters. The first-order valence-corrected chi connectivity index (χ1v) is 9.15. The third-order valence-electron chi connectivity index (χ3n) is 5.54. The van der Waals surface area contributed by atoms with Gasteiger partial charge in [0, 0.05) is 35.9 Å². The number of hydrogen-bond donors (Lipinski definition) is 2. The lowest BCUT2D eigenvalue weighted by Gasteiger charge is -2.34. The van der Waals surface area contributed by atoms with E-state index in [0.717, 1.165) is 16.7 Å². The molecule has 1 aromatic carbocycles. The van der Waals surface area contributed by atoms with Crippen LogP contribution < -0.4 is 10.2 Å². The molecule has 3 heterocycles. The lowest BCUT2D eigenvalue weighted by molar-refractivity contribution is 0.0694. The van der Waals surface area contributed by atoms with Crippen LogP contribution in [0.25, 0.3) is 11.3 Å². The van der Waals surface area contributed by atoms with Crippen LogP contribution in [-0.2, 0) is 12.8 Å². The van der Waals surface area contributed by atoms with Crippen molar-refractivity contribution in [2.45, 2.75) is 52.2 Å². The molecule has 0 radical (unpaired) electrons. The highest BCUT2D eigenvalue weighted by molar-refractivity contribution is 5.88. The first kappa shape index (κ1) is 17.6. The van der Waals surface area contributed by atoms with E-state index in [1.165, 1.54) is 12.3 Å². The summed E-state index contributed by atoms with van der Waals surface area (Å²) in [4.78, 5) is 23.9. The number of rotatable bonds is 2. The maximum absolute atomic E-state index is 12.4. The predicted octanol–water partition coefficient (Wildman–Crippen LogP) is 3.39. The van der Waals surface area contributed by atoms with E-state index in [-0.39, 0.29) is 23.3 Å². The number of phenols is 1. The Morgan fingerprint density at radius 2 is 2.04 bits per heavy atom. The highest BCUT2D eigenvalue weighted by atomic mass is 16.5. The van der Waals surface area contributed by atoms with Crippen LogP contribution in [0.5, 0.6) is 11.5 Å². The van der Waals surface area contributed by atoms with Crippen LogP contribution in [-0.4, -0.2) is 26.4 Å². The second-order valence-corrected chi connectivity index (χ2v) is 8.44. The van der Waals surface area contributed by atoms with Gasteiger partial charge in [0.25, 0.3) is 0 Å². The van der Waals surface area contributed by atoms with Gasteiger partial charge < -0.3 is 19.5 Å². The highest BCUT2D eigenvalue weighted by Crippen LogP contribution is 2.50. The van der Waals surface area contributed by atoms with E-state index in [9.17, 15) is 19.8 Å². The number of aromatic carboxylic acids is 1. The quantitative estimate of drug-likeness (QED) is 0.847. The topological polar surface area (TPSA) is 88.8 Å². The number of carbonyl (C=O) groups is 1. The average Bonchev–Trinajstić information content (AvgIpc) is 2.88. The van der Waals surface area contributed by atoms with Gasteiger partial charge in [-0.05, 0) is 37.8 Å². The largest absolute Gasteiger partial charge is 0.504 e. The molecule has 1 aromatic heterocycles. The van der Waals surface area contributed by atoms with E-state index in [0.29, 0.717) is 24.3 Å². The van der Waals surface area contributed by atoms with E-state index in [1.54, 1.807) is 6.07 Å². The zero-order valence-electron chi connectivity index (χ0n) is 15.9. The second-order valence-electron chi connectivity index (χ2n) is 8.44. The fourth-order valence-electron chi connectivity index (χ4n) is 4.33. The van der Waals surface area contributed by atoms with Gasteiger partial charge in [0.15, 0.2) is 16.9 Å². The van der Waals surface area contributed by atoms with Crippen molar-refractivity contribution in [3.8, 4) is 22.8 Å². The molecule has 0 spiro atoms. The number of aromatic hydroxyl groups is 1. The first-order chi connectivity index (χ1) is 12.6. The van der Waals surface area contributed by atoms with Crippen LogP contribution in [0.4, 0.5) is 0 Å². The van der Waals surface area contributed by atoms with Gasteiger partial charge in [-0.25, -0.2) is 4.79 Å². The van der Waals surface area contributed by atoms with E-state index in [1.807, 2.05) is 18.4 Å². The van der Waals surface area contributed by atoms with Gasteiger partial charge in [-0.15, -0.1) is 0 Å². The number of nitrogens with zero attached hydrogens (tertiary/aromatic N) is 1. The van der Waals surface area contributed by atoms with E-state index in [4.69, 9.17) is 4.74 Å². The number of hydrogen-bond acceptors (Lipinski definition) is 4. The van der Waals surface area contributed by atoms with Gasteiger partial charge in [-0.3, -0.25) is 4.79 Å². The molecule has 0 saturated heterocycles. The summed E-state index contributed by atoms with van der Waals surface area (Å²) in [5.41, 5.74) is 2.25. The maximum Gasteiger partial charge on any atom is 0.341 e. The Kier molecular flexibility index (Phi) is 3.67. The minimum atomic E-state index is -1.22. The summed E-state index contributed by atoms with van der Waals surface area (Å²) >= 11 is 0. The summed E-state index contributed by atoms with van der Waals surface area (Å²) in [6, 6.07) is 3.14. The normalized spacial score (nSPS) is 19.2. The molecular weight excluding hydrogens is 346 g/mol. The second kappa shape index (κ2) is 5.62. The fourth-order valence-corrected chi connectivity index (χ4v) is 4.33. The van der Waals surface area contributed by atoms with Crippen LogP contribution in [0.15, 0.2) is 23.1 Å². The summed E-state index contributed by atoms with van der Waals surface area (Å²) in [6.45, 7) is 8.05. The van der Waals surface area contributed by atoms with Crippen LogP contribution >= 0.6 is 0 Å². The van der Waals surface area contributed by atoms with Crippen LogP contribution in [0.1, 0.15) is 55.2 Å². The molecular formula is C21H23NO5. The number of carboxylic acids is 1. The average molecular weight is 369 g/mol. The van der Waals surface area contributed by atoms with Crippen LogP contribution in [0.3, 0.4) is 0 Å². The Balaban J connectivity index is 2.04. The molecule has 2 aliphatic rings. The third kappa shape index (κ3) is 2.62. The van der Waals surface area contributed by atoms with Gasteiger partial charge >= 0.3 is 5.97 Å². The van der Waals surface area contributed by atoms with Crippen LogP contribution in [0, 0.1) is 5.92 Å². The van der Waals surface area contributed by atoms with Crippen molar-refractivity contribution >= 4 is 5.97 Å². The molecule has 27 heavy (non-hydrogen) atoms. The lowest BCUT2D eigenvalue weighted by Crippen LogP contribution is -2.28. The summed E-state index contributed by atoms with van der Waals surface area (Å²) < 4.78 is 7.86. The zero-order chi connectivity index (χ0) is 19.7. The van der Waals surface area contributed by atoms with Crippen molar-refractivity contribution in [3.63, 3.8) is 0 Å². The Hall–Kier alpha value is -2.76. The minimum Gasteiger partial charge on any atom is -0.504 e. The Labute approximate surface area is 157 Å². The van der Waals surface area contributed by atoms with Crippen molar-refractivity contribution < 1.29 is 19.7 Å². The lowest BCUT2D eigenvalue weighted by atomic mass is 9.83. The molecule has 0 aliphatic carbocycles. The molecule has 4 rings (SSSR count). The summed E-state index contributed by atoms with van der Waals surface area (Å²) in [6.07, 6.45) is 2.73. The molecule has 2 aliphatic heterocycles. The monoisotopic (exact) mass is 369 g/mol. The predicted molar refractivity (Wildman–Crippen MR) is 101 cm³/mol. The minimum absolute atomic E-state index is 0.000943. The number of phenolic OH excluding ortho intramolecular Hbond substituents is 1. The Bertz CT molecular complexity index is 1030. The molecule has 0 amide bonds. The molecule has 0 bridgehead atoms. The molecule has 1 atom stereocenters. The molecule has 142 valence electrons. The zero-order valence-corrected chi connectivity index (χ0v) is 15.9. The van der Waals surface area contributed by atoms with Crippen molar-refractivity contribution in [3.05, 3.63) is 45.2 Å². The highest BCUT2D eigenvalue weighted by Gasteiger charge is 2.38. The molecule has 6 nitrogen and oxygen atoms in total. The van der Waals surface area contributed by atoms with Gasteiger partial charge in [0.05, 0.1) is 5.69 Å². The van der Waals surface area contributed by atoms with Crippen molar-refractivity contribution in [2.24, 2.45) is 5.92 Å². The fraction of sp³-hybridized carbons (Fsp3) is 0.429. The molecule has 0 saturated carbocycles. The number of aromatic nitrogens is 1. The van der Waals surface area contributed by atoms with Crippen molar-refractivity contribution in [1.82, 2.24) is 4.57 Å². The van der Waals surface area contributed by atoms with Gasteiger partial charge in [-0.2, -0.15) is 0 Å². The van der Waals surface area contributed by atoms with E-state index >= 15 is 0 Å². The van der Waals surface area contributed by atoms with E-state index < -0.39 is 17.0 Å². The first-order valence-electron chi connectivity index (χ1n) is 9.15. The standard InChI is InChI=1S/C21H23NO5/c1-10(2)14-5-11-6-17(24)19-12(8-21(3,4)27-19)18(11)15-7-16(23)13(20(25)26)9-22(14)15/h6-7,9-10,14,24H,5,8H2,1-4H3,(H,25,26). The SMILES string of the molecule is CC(C)C1Cc2cc(O)c3c(c2-c2cc(=O)c(C(=O)O)cn21)CC(C)(C)O3. The number of ether oxygens (including phenoxy) is 1. The van der Waals surface area contributed by atoms with E-state index in [2.05, 4.69) is 13.8 Å². The summed E-state index contributed by atoms with van der Waals surface area (Å²) in [5, 5.41) is 19.9. The summed E-state index contributed by atoms with van der Waals surface area (Å²) in [7, 11) is 0. The van der Waals surface area contributed by atoms with Crippen molar-refractivity contribution in [1.29, 1.82) is 0 Å². The smallest absolute Gasteiger partial charge is 0.341 e. The molecule has 0 fully saturated rings. The van der Waals surface area contributed by atoms with Gasteiger partial charge in [0.1, 0.15) is 11.2 Å². The number of fused-ring (bicyclic) bond motifs is 5. The third-order valence-corrected chi connectivity index (χ3v) is 5.54. The number of pyridine rings is 1. The molecule has 2 N–H and O–H groups in total. The number of benzene rings is 1. The van der Waals surface area contributed by atoms with Crippen LogP contribution in [0.2, 0.25) is 0 Å². The maximum atomic E-state index is 12.4. The summed E-state index contributed by atoms with van der Waals surface area (Å²) in [5.74, 6) is -0.411. The molecule has 6 heteroatoms. The molecule has 2 aromatic rings. The van der Waals surface area contributed by atoms with Gasteiger partial charge in [0.2, 0.25) is 0 Å². The Morgan fingerprint density at radius 3 is 2.67 bits per heavy atom.